The molecule has 0 saturated carbocycles. The summed E-state index contributed by atoms with van der Waals surface area (Å²) < 4.78 is 24.4. The molecule has 1 aliphatic rings. The average Bonchev–Trinajstić information content (AvgIpc) is 3.21. The van der Waals surface area contributed by atoms with Gasteiger partial charge in [-0.25, -0.2) is 0 Å². The van der Waals surface area contributed by atoms with Crippen LogP contribution >= 0.6 is 11.6 Å². The van der Waals surface area contributed by atoms with E-state index >= 15 is 0 Å². The van der Waals surface area contributed by atoms with Crippen molar-refractivity contribution in [1.29, 1.82) is 0 Å². The van der Waals surface area contributed by atoms with E-state index in [1.807, 2.05) is 41.1 Å². The van der Waals surface area contributed by atoms with Gasteiger partial charge in [0.1, 0.15) is 17.9 Å². The minimum Gasteiger partial charge on any atom is -0.493 e. The Hall–Kier alpha value is -3.03. The predicted octanol–water partition coefficient (Wildman–Crippen LogP) is 4.27. The molecule has 156 valence electrons. The lowest BCUT2D eigenvalue weighted by molar-refractivity contribution is -0.145. The van der Waals surface area contributed by atoms with Crippen LogP contribution in [-0.4, -0.2) is 36.8 Å². The average molecular weight is 429 g/mol. The van der Waals surface area contributed by atoms with Crippen molar-refractivity contribution in [2.45, 2.75) is 18.6 Å². The Morgan fingerprint density at radius 3 is 2.77 bits per heavy atom. The molecule has 0 amide bonds. The summed E-state index contributed by atoms with van der Waals surface area (Å²) in [5.74, 6) is 0.614. The maximum Gasteiger partial charge on any atom is 0.308 e. The van der Waals surface area contributed by atoms with Gasteiger partial charge < -0.3 is 23.5 Å². The number of esters is 1. The Balaban J connectivity index is 1.93. The Labute approximate surface area is 179 Å². The van der Waals surface area contributed by atoms with Gasteiger partial charge in [-0.05, 0) is 30.3 Å². The zero-order valence-electron chi connectivity index (χ0n) is 16.8. The lowest BCUT2D eigenvalue weighted by atomic mass is 10.0. The summed E-state index contributed by atoms with van der Waals surface area (Å²) in [6.07, 6.45) is 2.38. The summed E-state index contributed by atoms with van der Waals surface area (Å²) in [7, 11) is 4.47. The Morgan fingerprint density at radius 2 is 2.03 bits per heavy atom. The van der Waals surface area contributed by atoms with Crippen LogP contribution in [0.4, 0.5) is 0 Å². The van der Waals surface area contributed by atoms with Crippen LogP contribution in [0.5, 0.6) is 11.5 Å². The van der Waals surface area contributed by atoms with Gasteiger partial charge in [0, 0.05) is 29.0 Å². The molecule has 0 N–H and O–H groups in total. The van der Waals surface area contributed by atoms with Gasteiger partial charge in [0.15, 0.2) is 11.5 Å². The summed E-state index contributed by atoms with van der Waals surface area (Å²) in [5.41, 5.74) is 3.03. The largest absolute Gasteiger partial charge is 0.493 e. The van der Waals surface area contributed by atoms with E-state index in [2.05, 4.69) is 4.98 Å². The number of ether oxygens (including phenoxy) is 4. The van der Waals surface area contributed by atoms with E-state index in [9.17, 15) is 4.79 Å². The van der Waals surface area contributed by atoms with Crippen LogP contribution in [-0.2, 0) is 14.3 Å². The molecule has 1 aliphatic heterocycles. The summed E-state index contributed by atoms with van der Waals surface area (Å²) in [6.45, 7) is 0. The third kappa shape index (κ3) is 3.51. The minimum atomic E-state index is -0.654. The van der Waals surface area contributed by atoms with Crippen molar-refractivity contribution in [1.82, 2.24) is 9.55 Å². The third-order valence-corrected chi connectivity index (χ3v) is 5.33. The maximum absolute atomic E-state index is 12.1. The predicted molar refractivity (Wildman–Crippen MR) is 110 cm³/mol. The molecule has 0 saturated heterocycles. The molecule has 3 aromatic rings. The molecule has 30 heavy (non-hydrogen) atoms. The highest BCUT2D eigenvalue weighted by Gasteiger charge is 2.34. The molecule has 0 radical (unpaired) electrons. The lowest BCUT2D eigenvalue weighted by Crippen LogP contribution is -2.16. The number of nitrogens with zero attached hydrogens (tertiary/aromatic N) is 2. The molecule has 0 fully saturated rings. The highest BCUT2D eigenvalue weighted by molar-refractivity contribution is 6.30. The molecule has 0 bridgehead atoms. The SMILES string of the molecule is COC(=O)C[C@@H]1O[C@H](c2nccc(OC)c2OC)c2cc(Cl)ccc2-n2cccc21. The standard InChI is InChI=1S/C22H21ClN2O5/c1-27-17-8-9-24-20(22(17)29-3)21-14-11-13(23)6-7-15(14)25-10-4-5-16(25)18(30-21)12-19(26)28-2/h4-11,18,21H,12H2,1-3H3/t18-,21-/m0/s1. The lowest BCUT2D eigenvalue weighted by Gasteiger charge is -2.24. The quantitative estimate of drug-likeness (QED) is 0.565. The minimum absolute atomic E-state index is 0.0466. The first kappa shape index (κ1) is 20.3. The normalized spacial score (nSPS) is 17.5. The number of pyridine rings is 1. The van der Waals surface area contributed by atoms with Gasteiger partial charge in [0.2, 0.25) is 0 Å². The monoisotopic (exact) mass is 428 g/mol. The second kappa shape index (κ2) is 8.38. The van der Waals surface area contributed by atoms with E-state index in [4.69, 9.17) is 30.5 Å². The second-order valence-corrected chi connectivity index (χ2v) is 7.16. The number of aromatic nitrogens is 2. The zero-order chi connectivity index (χ0) is 21.3. The van der Waals surface area contributed by atoms with Gasteiger partial charge in [-0.2, -0.15) is 0 Å². The Bertz CT molecular complexity index is 1080. The molecule has 0 spiro atoms. The van der Waals surface area contributed by atoms with E-state index in [0.717, 1.165) is 16.9 Å². The van der Waals surface area contributed by atoms with Crippen LogP contribution < -0.4 is 9.47 Å². The highest BCUT2D eigenvalue weighted by Crippen LogP contribution is 2.45. The molecule has 0 unspecified atom stereocenters. The third-order valence-electron chi connectivity index (χ3n) is 5.09. The molecule has 1 aromatic carbocycles. The van der Waals surface area contributed by atoms with E-state index in [1.165, 1.54) is 7.11 Å². The van der Waals surface area contributed by atoms with Crippen molar-refractivity contribution >= 4 is 17.6 Å². The second-order valence-electron chi connectivity index (χ2n) is 6.72. The smallest absolute Gasteiger partial charge is 0.308 e. The van der Waals surface area contributed by atoms with Gasteiger partial charge >= 0.3 is 5.97 Å². The number of carbonyl (C=O) groups is 1. The molecule has 8 heteroatoms. The van der Waals surface area contributed by atoms with Crippen molar-refractivity contribution in [3.63, 3.8) is 0 Å². The van der Waals surface area contributed by atoms with Crippen LogP contribution in [0.2, 0.25) is 5.02 Å². The Kier molecular flexibility index (Phi) is 5.65. The number of methoxy groups -OCH3 is 3. The fourth-order valence-electron chi connectivity index (χ4n) is 3.74. The highest BCUT2D eigenvalue weighted by atomic mass is 35.5. The van der Waals surface area contributed by atoms with Crippen molar-refractivity contribution in [3.8, 4) is 17.2 Å². The first-order valence-electron chi connectivity index (χ1n) is 9.33. The van der Waals surface area contributed by atoms with Crippen LogP contribution in [0.1, 0.15) is 35.6 Å². The van der Waals surface area contributed by atoms with E-state index in [1.54, 1.807) is 26.5 Å². The van der Waals surface area contributed by atoms with Gasteiger partial charge in [-0.3, -0.25) is 9.78 Å². The van der Waals surface area contributed by atoms with E-state index in [0.29, 0.717) is 22.2 Å². The van der Waals surface area contributed by atoms with Crippen molar-refractivity contribution < 1.29 is 23.7 Å². The number of hydrogen-bond donors (Lipinski definition) is 0. The number of benzene rings is 1. The van der Waals surface area contributed by atoms with Gasteiger partial charge in [0.25, 0.3) is 0 Å². The van der Waals surface area contributed by atoms with Crippen LogP contribution in [0.15, 0.2) is 48.8 Å². The molecule has 3 heterocycles. The summed E-state index contributed by atoms with van der Waals surface area (Å²) in [5, 5.41) is 0.560. The van der Waals surface area contributed by atoms with Crippen molar-refractivity contribution in [3.05, 3.63) is 70.8 Å². The molecular formula is C22H21ClN2O5. The van der Waals surface area contributed by atoms with Gasteiger partial charge in [-0.1, -0.05) is 11.6 Å². The number of halogens is 1. The number of fused-ring (bicyclic) bond motifs is 3. The number of hydrogen-bond acceptors (Lipinski definition) is 6. The summed E-state index contributed by atoms with van der Waals surface area (Å²) >= 11 is 6.34. The first-order chi connectivity index (χ1) is 14.6. The van der Waals surface area contributed by atoms with Crippen LogP contribution in [0.25, 0.3) is 5.69 Å². The number of carbonyl (C=O) groups excluding carboxylic acids is 1. The van der Waals surface area contributed by atoms with Crippen molar-refractivity contribution in [2.24, 2.45) is 0 Å². The molecular weight excluding hydrogens is 408 g/mol. The molecule has 0 aliphatic carbocycles. The number of rotatable bonds is 5. The Morgan fingerprint density at radius 1 is 1.20 bits per heavy atom. The summed E-state index contributed by atoms with van der Waals surface area (Å²) in [4.78, 5) is 16.7. The first-order valence-corrected chi connectivity index (χ1v) is 9.71. The molecule has 2 atom stereocenters. The molecule has 2 aromatic heterocycles. The van der Waals surface area contributed by atoms with Gasteiger partial charge in [0.05, 0.1) is 39.1 Å². The van der Waals surface area contributed by atoms with Crippen molar-refractivity contribution in [2.75, 3.05) is 21.3 Å². The summed E-state index contributed by atoms with van der Waals surface area (Å²) in [6, 6.07) is 11.1. The maximum atomic E-state index is 12.1. The van der Waals surface area contributed by atoms with Crippen LogP contribution in [0.3, 0.4) is 0 Å². The van der Waals surface area contributed by atoms with E-state index < -0.39 is 12.2 Å². The topological polar surface area (TPSA) is 71.8 Å². The fourth-order valence-corrected chi connectivity index (χ4v) is 3.92. The van der Waals surface area contributed by atoms with Gasteiger partial charge in [-0.15, -0.1) is 0 Å². The molecule has 7 nitrogen and oxygen atoms in total. The zero-order valence-corrected chi connectivity index (χ0v) is 17.6. The van der Waals surface area contributed by atoms with Crippen LogP contribution in [0, 0.1) is 0 Å². The molecule has 4 rings (SSSR count). The van der Waals surface area contributed by atoms with E-state index in [-0.39, 0.29) is 12.4 Å². The fraction of sp³-hybridized carbons (Fsp3) is 0.273.